The number of ether oxygens (including phenoxy) is 2. The summed E-state index contributed by atoms with van der Waals surface area (Å²) in [6, 6.07) is 5.13. The van der Waals surface area contributed by atoms with Gasteiger partial charge < -0.3 is 19.7 Å². The number of nitrogens with zero attached hydrogens (tertiary/aromatic N) is 6. The minimum absolute atomic E-state index is 0.240. The number of carbonyl (C=O) groups is 1. The number of amides is 1. The molecule has 0 aliphatic carbocycles. The second-order valence-corrected chi connectivity index (χ2v) is 7.81. The van der Waals surface area contributed by atoms with Crippen molar-refractivity contribution in [1.29, 1.82) is 0 Å². The number of anilines is 2. The molecule has 0 unspecified atom stereocenters. The highest BCUT2D eigenvalue weighted by Gasteiger charge is 2.18. The summed E-state index contributed by atoms with van der Waals surface area (Å²) in [6.45, 7) is 0.708. The van der Waals surface area contributed by atoms with Crippen molar-refractivity contribution in [2.75, 3.05) is 37.5 Å². The van der Waals surface area contributed by atoms with Crippen LogP contribution in [0.4, 0.5) is 10.8 Å². The van der Waals surface area contributed by atoms with Crippen LogP contribution in [0, 0.1) is 0 Å². The Morgan fingerprint density at radius 1 is 1.27 bits per heavy atom. The molecule has 0 saturated carbocycles. The molecule has 0 saturated heterocycles. The standard InChI is InChI=1S/C18H17N7O4S/c1-23(2)17-21-15-14(30-17)16-22-25(18(27)24(16)9-19-15)8-13(26)20-10-3-4-11-12(7-10)29-6-5-28-11/h3-4,7,9H,5-6,8H2,1-2H3,(H,20,26). The molecule has 3 aromatic heterocycles. The maximum Gasteiger partial charge on any atom is 0.352 e. The Morgan fingerprint density at radius 3 is 2.87 bits per heavy atom. The number of benzene rings is 1. The first-order valence-electron chi connectivity index (χ1n) is 9.11. The normalized spacial score (nSPS) is 13.0. The van der Waals surface area contributed by atoms with Crippen LogP contribution in [-0.2, 0) is 11.3 Å². The smallest absolute Gasteiger partial charge is 0.352 e. The van der Waals surface area contributed by atoms with E-state index in [1.54, 1.807) is 18.2 Å². The largest absolute Gasteiger partial charge is 0.486 e. The average Bonchev–Trinajstić information content (AvgIpc) is 3.30. The van der Waals surface area contributed by atoms with Gasteiger partial charge in [0.05, 0.1) is 0 Å². The number of fused-ring (bicyclic) bond motifs is 4. The highest BCUT2D eigenvalue weighted by molar-refractivity contribution is 7.22. The van der Waals surface area contributed by atoms with Gasteiger partial charge in [-0.1, -0.05) is 11.3 Å². The van der Waals surface area contributed by atoms with Crippen LogP contribution < -0.4 is 25.4 Å². The van der Waals surface area contributed by atoms with Crippen LogP contribution in [0.2, 0.25) is 0 Å². The third-order valence-electron chi connectivity index (χ3n) is 4.47. The minimum Gasteiger partial charge on any atom is -0.486 e. The van der Waals surface area contributed by atoms with Crippen LogP contribution in [-0.4, -0.2) is 57.4 Å². The number of carbonyl (C=O) groups excluding carboxylic acids is 1. The molecule has 4 aromatic rings. The summed E-state index contributed by atoms with van der Waals surface area (Å²) in [7, 11) is 3.75. The molecule has 0 fully saturated rings. The zero-order valence-corrected chi connectivity index (χ0v) is 17.0. The zero-order valence-electron chi connectivity index (χ0n) is 16.2. The van der Waals surface area contributed by atoms with Crippen LogP contribution in [0.1, 0.15) is 0 Å². The van der Waals surface area contributed by atoms with E-state index in [-0.39, 0.29) is 12.5 Å². The second-order valence-electron chi connectivity index (χ2n) is 6.83. The molecule has 0 bridgehead atoms. The van der Waals surface area contributed by atoms with Crippen molar-refractivity contribution in [1.82, 2.24) is 24.1 Å². The van der Waals surface area contributed by atoms with Gasteiger partial charge in [-0.15, -0.1) is 5.10 Å². The van der Waals surface area contributed by atoms with Crippen molar-refractivity contribution in [3.05, 3.63) is 35.0 Å². The average molecular weight is 427 g/mol. The molecule has 1 aliphatic heterocycles. The van der Waals surface area contributed by atoms with Crippen molar-refractivity contribution in [3.8, 4) is 11.5 Å². The lowest BCUT2D eigenvalue weighted by Gasteiger charge is -2.18. The first-order valence-corrected chi connectivity index (χ1v) is 9.93. The van der Waals surface area contributed by atoms with Gasteiger partial charge in [0.2, 0.25) is 5.91 Å². The van der Waals surface area contributed by atoms with Crippen LogP contribution in [0.25, 0.3) is 16.0 Å². The van der Waals surface area contributed by atoms with Crippen LogP contribution in [0.15, 0.2) is 29.3 Å². The second kappa shape index (κ2) is 6.99. The fourth-order valence-electron chi connectivity index (χ4n) is 3.08. The first-order chi connectivity index (χ1) is 14.5. The molecule has 11 nitrogen and oxygen atoms in total. The Labute approximate surface area is 173 Å². The van der Waals surface area contributed by atoms with Crippen LogP contribution in [0.3, 0.4) is 0 Å². The number of thiazole rings is 1. The van der Waals surface area contributed by atoms with E-state index in [1.165, 1.54) is 22.1 Å². The van der Waals surface area contributed by atoms with E-state index in [2.05, 4.69) is 20.4 Å². The van der Waals surface area contributed by atoms with Gasteiger partial charge >= 0.3 is 5.69 Å². The third-order valence-corrected chi connectivity index (χ3v) is 5.68. The molecule has 4 heterocycles. The summed E-state index contributed by atoms with van der Waals surface area (Å²) in [5, 5.41) is 7.84. The van der Waals surface area contributed by atoms with Crippen molar-refractivity contribution in [3.63, 3.8) is 0 Å². The molecular weight excluding hydrogens is 410 g/mol. The molecule has 0 atom stereocenters. The van der Waals surface area contributed by atoms with Crippen LogP contribution >= 0.6 is 11.3 Å². The Balaban J connectivity index is 1.42. The Bertz CT molecular complexity index is 1340. The zero-order chi connectivity index (χ0) is 20.8. The number of hydrogen-bond acceptors (Lipinski definition) is 9. The summed E-state index contributed by atoms with van der Waals surface area (Å²) in [5.74, 6) is 0.813. The monoisotopic (exact) mass is 427 g/mol. The van der Waals surface area contributed by atoms with Gasteiger partial charge in [0.1, 0.15) is 30.8 Å². The predicted molar refractivity (Wildman–Crippen MR) is 111 cm³/mol. The molecule has 5 rings (SSSR count). The van der Waals surface area contributed by atoms with E-state index in [1.807, 2.05) is 19.0 Å². The van der Waals surface area contributed by atoms with E-state index in [0.717, 1.165) is 9.81 Å². The number of hydrogen-bond donors (Lipinski definition) is 1. The molecule has 1 N–H and O–H groups in total. The first kappa shape index (κ1) is 18.4. The van der Waals surface area contributed by atoms with Crippen molar-refractivity contribution < 1.29 is 14.3 Å². The molecule has 1 amide bonds. The summed E-state index contributed by atoms with van der Waals surface area (Å²) in [4.78, 5) is 35.7. The molecule has 30 heavy (non-hydrogen) atoms. The van der Waals surface area contributed by atoms with Gasteiger partial charge in [0, 0.05) is 25.8 Å². The Kier molecular flexibility index (Phi) is 4.28. The van der Waals surface area contributed by atoms with E-state index in [9.17, 15) is 9.59 Å². The van der Waals surface area contributed by atoms with E-state index >= 15 is 0 Å². The number of aromatic nitrogens is 5. The summed E-state index contributed by atoms with van der Waals surface area (Å²) in [5.41, 5.74) is 1.02. The Hall–Kier alpha value is -3.67. The van der Waals surface area contributed by atoms with E-state index in [0.29, 0.717) is 46.4 Å². The predicted octanol–water partition coefficient (Wildman–Crippen LogP) is 0.977. The summed E-state index contributed by atoms with van der Waals surface area (Å²) < 4.78 is 14.1. The lowest BCUT2D eigenvalue weighted by Crippen LogP contribution is -2.28. The van der Waals surface area contributed by atoms with Crippen molar-refractivity contribution >= 4 is 44.1 Å². The molecule has 0 radical (unpaired) electrons. The molecule has 154 valence electrons. The van der Waals surface area contributed by atoms with E-state index < -0.39 is 5.69 Å². The van der Waals surface area contributed by atoms with Gasteiger partial charge in [0.15, 0.2) is 27.9 Å². The van der Waals surface area contributed by atoms with Gasteiger partial charge in [-0.05, 0) is 12.1 Å². The molecule has 12 heteroatoms. The lowest BCUT2D eigenvalue weighted by atomic mass is 10.2. The maximum atomic E-state index is 12.7. The van der Waals surface area contributed by atoms with Gasteiger partial charge in [0.25, 0.3) is 0 Å². The molecular formula is C18H17N7O4S. The number of nitrogens with one attached hydrogen (secondary N) is 1. The Morgan fingerprint density at radius 2 is 2.07 bits per heavy atom. The van der Waals surface area contributed by atoms with Crippen molar-refractivity contribution in [2.45, 2.75) is 6.54 Å². The minimum atomic E-state index is -0.448. The lowest BCUT2D eigenvalue weighted by molar-refractivity contribution is -0.117. The van der Waals surface area contributed by atoms with Gasteiger partial charge in [-0.2, -0.15) is 4.98 Å². The summed E-state index contributed by atoms with van der Waals surface area (Å²) in [6.07, 6.45) is 1.38. The topological polar surface area (TPSA) is 116 Å². The highest BCUT2D eigenvalue weighted by atomic mass is 32.1. The fourth-order valence-corrected chi connectivity index (χ4v) is 4.00. The maximum absolute atomic E-state index is 12.7. The van der Waals surface area contributed by atoms with E-state index in [4.69, 9.17) is 9.47 Å². The van der Waals surface area contributed by atoms with Crippen molar-refractivity contribution in [2.24, 2.45) is 0 Å². The SMILES string of the molecule is CN(C)c1nc2ncn3c(=O)n(CC(=O)Nc4ccc5c(c4)OCCO5)nc3c2s1. The highest BCUT2D eigenvalue weighted by Crippen LogP contribution is 2.32. The van der Waals surface area contributed by atoms with Gasteiger partial charge in [-0.25, -0.2) is 18.9 Å². The fraction of sp³-hybridized carbons (Fsp3) is 0.278. The van der Waals surface area contributed by atoms with Crippen LogP contribution in [0.5, 0.6) is 11.5 Å². The van der Waals surface area contributed by atoms with Gasteiger partial charge in [-0.3, -0.25) is 4.79 Å². The quantitative estimate of drug-likeness (QED) is 0.512. The molecule has 0 spiro atoms. The molecule has 1 aromatic carbocycles. The third kappa shape index (κ3) is 3.10. The molecule has 1 aliphatic rings. The summed E-state index contributed by atoms with van der Waals surface area (Å²) >= 11 is 1.38. The number of rotatable bonds is 4.